The maximum atomic E-state index is 4.27. The van der Waals surface area contributed by atoms with Gasteiger partial charge >= 0.3 is 0 Å². The Morgan fingerprint density at radius 3 is 3.08 bits per heavy atom. The summed E-state index contributed by atoms with van der Waals surface area (Å²) in [6.45, 7) is 3.09. The Bertz CT molecular complexity index is 313. The third-order valence-electron chi connectivity index (χ3n) is 2.82. The lowest BCUT2D eigenvalue weighted by atomic mass is 10.3. The Balaban J connectivity index is 1.98. The second kappa shape index (κ2) is 2.80. The number of hydrogen-bond donors (Lipinski definition) is 1. The summed E-state index contributed by atoms with van der Waals surface area (Å²) in [5, 5.41) is 11.9. The van der Waals surface area contributed by atoms with Gasteiger partial charge in [0.25, 0.3) is 0 Å². The van der Waals surface area contributed by atoms with E-state index in [4.69, 9.17) is 0 Å². The minimum absolute atomic E-state index is 0.722. The Labute approximate surface area is 77.4 Å². The van der Waals surface area contributed by atoms with E-state index in [-0.39, 0.29) is 0 Å². The molecule has 0 saturated heterocycles. The summed E-state index contributed by atoms with van der Waals surface area (Å²) in [6, 6.07) is 0. The van der Waals surface area contributed by atoms with Gasteiger partial charge in [-0.3, -0.25) is 0 Å². The van der Waals surface area contributed by atoms with E-state index < -0.39 is 0 Å². The maximum absolute atomic E-state index is 4.27. The monoisotopic (exact) mass is 178 g/mol. The molecule has 13 heavy (non-hydrogen) atoms. The minimum atomic E-state index is 0.722. The summed E-state index contributed by atoms with van der Waals surface area (Å²) in [5.74, 6) is 3.08. The average molecular weight is 178 g/mol. The van der Waals surface area contributed by atoms with Crippen LogP contribution in [0.5, 0.6) is 0 Å². The van der Waals surface area contributed by atoms with Gasteiger partial charge in [0.2, 0.25) is 0 Å². The molecule has 0 unspecified atom stereocenters. The second-order valence-corrected chi connectivity index (χ2v) is 3.93. The molecule has 0 spiro atoms. The highest BCUT2D eigenvalue weighted by molar-refractivity contribution is 5.08. The van der Waals surface area contributed by atoms with Gasteiger partial charge in [0, 0.05) is 12.5 Å². The molecule has 0 aromatic carbocycles. The molecule has 4 nitrogen and oxygen atoms in total. The van der Waals surface area contributed by atoms with Crippen molar-refractivity contribution in [1.82, 2.24) is 20.1 Å². The first-order chi connectivity index (χ1) is 6.45. The molecule has 2 aliphatic rings. The van der Waals surface area contributed by atoms with Crippen molar-refractivity contribution in [3.05, 3.63) is 11.6 Å². The molecule has 0 bridgehead atoms. The molecule has 1 N–H and O–H groups in total. The van der Waals surface area contributed by atoms with Crippen LogP contribution in [0.4, 0.5) is 0 Å². The van der Waals surface area contributed by atoms with E-state index >= 15 is 0 Å². The van der Waals surface area contributed by atoms with Crippen molar-refractivity contribution in [3.63, 3.8) is 0 Å². The van der Waals surface area contributed by atoms with Crippen molar-refractivity contribution in [1.29, 1.82) is 0 Å². The maximum Gasteiger partial charge on any atom is 0.147 e. The van der Waals surface area contributed by atoms with Crippen LogP contribution in [-0.2, 0) is 13.1 Å². The third-order valence-corrected chi connectivity index (χ3v) is 2.82. The zero-order valence-electron chi connectivity index (χ0n) is 7.66. The van der Waals surface area contributed by atoms with Crippen molar-refractivity contribution in [3.8, 4) is 0 Å². The zero-order valence-corrected chi connectivity index (χ0v) is 7.66. The lowest BCUT2D eigenvalue weighted by molar-refractivity contribution is 0.617. The summed E-state index contributed by atoms with van der Waals surface area (Å²) in [4.78, 5) is 0. The van der Waals surface area contributed by atoms with Gasteiger partial charge in [-0.25, -0.2) is 0 Å². The molecule has 3 rings (SSSR count). The first kappa shape index (κ1) is 7.50. The molecule has 0 atom stereocenters. The van der Waals surface area contributed by atoms with Gasteiger partial charge < -0.3 is 9.88 Å². The molecule has 1 aliphatic heterocycles. The van der Waals surface area contributed by atoms with Crippen molar-refractivity contribution in [2.45, 2.75) is 38.3 Å². The van der Waals surface area contributed by atoms with Crippen LogP contribution in [0.15, 0.2) is 0 Å². The molecule has 0 amide bonds. The molecule has 1 saturated carbocycles. The molecule has 70 valence electrons. The van der Waals surface area contributed by atoms with E-state index in [2.05, 4.69) is 20.1 Å². The summed E-state index contributed by atoms with van der Waals surface area (Å²) in [5.41, 5.74) is 0. The number of aromatic nitrogens is 3. The first-order valence-corrected chi connectivity index (χ1v) is 5.08. The summed E-state index contributed by atoms with van der Waals surface area (Å²) >= 11 is 0. The van der Waals surface area contributed by atoms with Gasteiger partial charge in [0.1, 0.15) is 11.6 Å². The quantitative estimate of drug-likeness (QED) is 0.686. The molecule has 0 radical (unpaired) electrons. The Morgan fingerprint density at radius 1 is 1.31 bits per heavy atom. The number of nitrogens with zero attached hydrogens (tertiary/aromatic N) is 3. The van der Waals surface area contributed by atoms with Crippen LogP contribution in [-0.4, -0.2) is 21.3 Å². The third kappa shape index (κ3) is 1.25. The fourth-order valence-corrected chi connectivity index (χ4v) is 1.93. The topological polar surface area (TPSA) is 42.7 Å². The van der Waals surface area contributed by atoms with E-state index in [1.807, 2.05) is 0 Å². The molecule has 4 heteroatoms. The summed E-state index contributed by atoms with van der Waals surface area (Å²) in [6.07, 6.45) is 3.82. The van der Waals surface area contributed by atoms with Crippen molar-refractivity contribution >= 4 is 0 Å². The second-order valence-electron chi connectivity index (χ2n) is 3.93. The molecule has 2 heterocycles. The average Bonchev–Trinajstić information content (AvgIpc) is 2.94. The minimum Gasteiger partial charge on any atom is -0.314 e. The predicted molar refractivity (Wildman–Crippen MR) is 48.3 cm³/mol. The van der Waals surface area contributed by atoms with E-state index in [0.29, 0.717) is 0 Å². The molecule has 1 aromatic heterocycles. The highest BCUT2D eigenvalue weighted by Crippen LogP contribution is 2.39. The van der Waals surface area contributed by atoms with Crippen LogP contribution in [0.25, 0.3) is 0 Å². The fourth-order valence-electron chi connectivity index (χ4n) is 1.93. The van der Waals surface area contributed by atoms with E-state index in [0.717, 1.165) is 31.4 Å². The van der Waals surface area contributed by atoms with Crippen molar-refractivity contribution in [2.24, 2.45) is 0 Å². The van der Waals surface area contributed by atoms with Crippen LogP contribution in [0, 0.1) is 0 Å². The predicted octanol–water partition coefficient (Wildman–Crippen LogP) is 0.649. The van der Waals surface area contributed by atoms with Gasteiger partial charge in [-0.15, -0.1) is 10.2 Å². The standard InChI is InChI=1S/C9H14N4/c1-4-10-6-8-11-12-9(7-2-3-7)13(8)5-1/h7,10H,1-6H2. The van der Waals surface area contributed by atoms with Crippen LogP contribution >= 0.6 is 0 Å². The Hall–Kier alpha value is -0.900. The Kier molecular flexibility index (Phi) is 1.62. The molecule has 1 aliphatic carbocycles. The van der Waals surface area contributed by atoms with Crippen LogP contribution in [0.1, 0.15) is 36.8 Å². The lowest BCUT2D eigenvalue weighted by Crippen LogP contribution is -2.12. The normalized spacial score (nSPS) is 22.5. The highest BCUT2D eigenvalue weighted by atomic mass is 15.3. The molecular weight excluding hydrogens is 164 g/mol. The lowest BCUT2D eigenvalue weighted by Gasteiger charge is -2.04. The largest absolute Gasteiger partial charge is 0.314 e. The molecular formula is C9H14N4. The van der Waals surface area contributed by atoms with Gasteiger partial charge in [-0.2, -0.15) is 0 Å². The van der Waals surface area contributed by atoms with E-state index in [9.17, 15) is 0 Å². The van der Waals surface area contributed by atoms with Crippen molar-refractivity contribution < 1.29 is 0 Å². The van der Waals surface area contributed by atoms with Gasteiger partial charge in [-0.1, -0.05) is 0 Å². The number of nitrogens with one attached hydrogen (secondary N) is 1. The zero-order chi connectivity index (χ0) is 8.67. The molecule has 1 fully saturated rings. The van der Waals surface area contributed by atoms with E-state index in [1.54, 1.807) is 0 Å². The number of fused-ring (bicyclic) bond motifs is 1. The van der Waals surface area contributed by atoms with Crippen LogP contribution in [0.2, 0.25) is 0 Å². The van der Waals surface area contributed by atoms with Crippen molar-refractivity contribution in [2.75, 3.05) is 6.54 Å². The summed E-state index contributed by atoms with van der Waals surface area (Å²) in [7, 11) is 0. The summed E-state index contributed by atoms with van der Waals surface area (Å²) < 4.78 is 2.32. The molecule has 1 aromatic rings. The van der Waals surface area contributed by atoms with Crippen LogP contribution < -0.4 is 5.32 Å². The van der Waals surface area contributed by atoms with Crippen LogP contribution in [0.3, 0.4) is 0 Å². The van der Waals surface area contributed by atoms with Gasteiger partial charge in [0.15, 0.2) is 0 Å². The van der Waals surface area contributed by atoms with Gasteiger partial charge in [-0.05, 0) is 25.8 Å². The highest BCUT2D eigenvalue weighted by Gasteiger charge is 2.30. The Morgan fingerprint density at radius 2 is 2.23 bits per heavy atom. The smallest absolute Gasteiger partial charge is 0.147 e. The number of rotatable bonds is 1. The first-order valence-electron chi connectivity index (χ1n) is 5.08. The number of hydrogen-bond acceptors (Lipinski definition) is 3. The SMILES string of the molecule is C1CNCc2nnc(C3CC3)n2C1. The van der Waals surface area contributed by atoms with E-state index in [1.165, 1.54) is 25.1 Å². The fraction of sp³-hybridized carbons (Fsp3) is 0.778. The van der Waals surface area contributed by atoms with Gasteiger partial charge in [0.05, 0.1) is 6.54 Å².